The lowest BCUT2D eigenvalue weighted by Crippen LogP contribution is -2.62. The SMILES string of the molecule is CNC(C)C(=O)NC(C(=O)N1Cc2ccccc2CC1C(=O)N(CC1CC1C(=O)NC1CC(C(=O)NC2CCCc3ccccc32)N(C(=O)C(NC(O)C(C)NC)C(C)(C)C)C1)C(C)c1ccccc1F)C(C)(C)C. The molecule has 2 aliphatic heterocycles. The summed E-state index contributed by atoms with van der Waals surface area (Å²) < 4.78 is 15.8. The number of aryl methyl sites for hydroxylation is 1. The van der Waals surface area contributed by atoms with Crippen LogP contribution in [0.3, 0.4) is 0 Å². The van der Waals surface area contributed by atoms with Crippen molar-refractivity contribution in [3.05, 3.63) is 106 Å². The Hall–Kier alpha value is -5.75. The summed E-state index contributed by atoms with van der Waals surface area (Å²) in [6, 6.07) is 15.6. The molecule has 2 heterocycles. The molecule has 12 atom stereocenters. The van der Waals surface area contributed by atoms with E-state index in [1.54, 1.807) is 67.8 Å². The summed E-state index contributed by atoms with van der Waals surface area (Å²) >= 11 is 0. The number of carbonyl (C=O) groups excluding carboxylic acids is 6. The van der Waals surface area contributed by atoms with Gasteiger partial charge in [0.05, 0.1) is 24.2 Å². The molecule has 2 fully saturated rings. The van der Waals surface area contributed by atoms with Crippen molar-refractivity contribution >= 4 is 35.4 Å². The van der Waals surface area contributed by atoms with Crippen LogP contribution in [0.15, 0.2) is 72.8 Å². The molecule has 0 spiro atoms. The largest absolute Gasteiger partial charge is 0.377 e. The number of amides is 6. The molecule has 16 nitrogen and oxygen atoms in total. The monoisotopic (exact) mass is 1040 g/mol. The average Bonchev–Trinajstić information content (AvgIpc) is 4.04. The van der Waals surface area contributed by atoms with E-state index in [1.165, 1.54) is 11.6 Å². The molecule has 4 aliphatic rings. The first-order chi connectivity index (χ1) is 35.4. The van der Waals surface area contributed by atoms with Crippen LogP contribution in [-0.4, -0.2) is 131 Å². The van der Waals surface area contributed by atoms with Gasteiger partial charge in [-0.3, -0.25) is 34.1 Å². The number of hydrogen-bond acceptors (Lipinski definition) is 10. The standard InChI is InChI=1S/C58H82FN9O7/c1-33(60-10)50(69)64-48(57(4,5)6)55(74)67-30-38-21-13-12-20-37(38)28-47(67)54(73)66(35(3)41-23-16-17-25-44(41)59)31-39-27-43(39)52(71)62-40-29-46(53(72)63-45-26-18-22-36-19-14-15-24-42(36)45)68(32-40)56(75)49(58(7,8)9)65-51(70)34(2)61-11/h12-17,19-21,23-25,33-35,39-40,43,45-49,51,60-61,65,70H,18,22,26-32H2,1-11H3,(H,62,71)(H,63,72)(H,64,69). The van der Waals surface area contributed by atoms with Crippen molar-refractivity contribution in [2.24, 2.45) is 22.7 Å². The number of carbonyl (C=O) groups is 6. The van der Waals surface area contributed by atoms with Gasteiger partial charge in [0.15, 0.2) is 0 Å². The van der Waals surface area contributed by atoms with Crippen molar-refractivity contribution in [3.8, 4) is 0 Å². The van der Waals surface area contributed by atoms with Gasteiger partial charge in [0.2, 0.25) is 35.4 Å². The van der Waals surface area contributed by atoms with Gasteiger partial charge in [-0.05, 0) is 112 Å². The molecular formula is C58H82FN9O7. The Kier molecular flexibility index (Phi) is 18.0. The van der Waals surface area contributed by atoms with E-state index < -0.39 is 82.9 Å². The van der Waals surface area contributed by atoms with Gasteiger partial charge in [0, 0.05) is 49.6 Å². The smallest absolute Gasteiger partial charge is 0.246 e. The molecule has 2 aliphatic carbocycles. The van der Waals surface area contributed by atoms with Crippen LogP contribution in [0.4, 0.5) is 4.39 Å². The number of likely N-dealkylation sites (tertiary alicyclic amines) is 1. The fraction of sp³-hybridized carbons (Fsp3) is 0.586. The highest BCUT2D eigenvalue weighted by atomic mass is 19.1. The quantitative estimate of drug-likeness (QED) is 0.0880. The van der Waals surface area contributed by atoms with Crippen LogP contribution in [0.2, 0.25) is 0 Å². The topological polar surface area (TPSA) is 205 Å². The number of rotatable bonds is 18. The molecule has 6 amide bonds. The van der Waals surface area contributed by atoms with E-state index in [0.29, 0.717) is 6.42 Å². The number of nitrogens with zero attached hydrogens (tertiary/aromatic N) is 3. The zero-order valence-electron chi connectivity index (χ0n) is 45.8. The zero-order chi connectivity index (χ0) is 54.7. The molecule has 0 radical (unpaired) electrons. The predicted molar refractivity (Wildman–Crippen MR) is 286 cm³/mol. The molecule has 0 bridgehead atoms. The van der Waals surface area contributed by atoms with E-state index in [0.717, 1.165) is 36.0 Å². The number of hydrogen-bond donors (Lipinski definition) is 7. The van der Waals surface area contributed by atoms with Crippen LogP contribution in [0.5, 0.6) is 0 Å². The molecule has 1 saturated carbocycles. The van der Waals surface area contributed by atoms with Crippen LogP contribution >= 0.6 is 0 Å². The second-order valence-electron chi connectivity index (χ2n) is 23.7. The summed E-state index contributed by atoms with van der Waals surface area (Å²) in [6.45, 7) is 16.8. The molecule has 3 aromatic rings. The molecule has 3 aromatic carbocycles. The van der Waals surface area contributed by atoms with Crippen molar-refractivity contribution in [1.29, 1.82) is 0 Å². The normalized spacial score (nSPS) is 23.8. The van der Waals surface area contributed by atoms with Crippen molar-refractivity contribution in [2.45, 2.75) is 168 Å². The van der Waals surface area contributed by atoms with Crippen molar-refractivity contribution in [1.82, 2.24) is 46.6 Å². The number of likely N-dealkylation sites (N-methyl/N-ethyl adjacent to an activating group) is 2. The van der Waals surface area contributed by atoms with E-state index in [4.69, 9.17) is 0 Å². The van der Waals surface area contributed by atoms with Crippen molar-refractivity contribution in [2.75, 3.05) is 27.2 Å². The zero-order valence-corrected chi connectivity index (χ0v) is 45.8. The van der Waals surface area contributed by atoms with Gasteiger partial charge >= 0.3 is 0 Å². The van der Waals surface area contributed by atoms with Crippen molar-refractivity contribution in [3.63, 3.8) is 0 Å². The van der Waals surface area contributed by atoms with Crippen LogP contribution in [-0.2, 0) is 48.2 Å². The maximum absolute atomic E-state index is 15.8. The Labute approximate surface area is 443 Å². The van der Waals surface area contributed by atoms with E-state index >= 15 is 9.18 Å². The van der Waals surface area contributed by atoms with Gasteiger partial charge in [-0.1, -0.05) is 108 Å². The van der Waals surface area contributed by atoms with Crippen LogP contribution in [0, 0.1) is 28.5 Å². The van der Waals surface area contributed by atoms with Crippen LogP contribution < -0.4 is 31.9 Å². The van der Waals surface area contributed by atoms with Gasteiger partial charge in [0.1, 0.15) is 30.2 Å². The Bertz CT molecular complexity index is 2560. The Morgan fingerprint density at radius 3 is 2.03 bits per heavy atom. The highest BCUT2D eigenvalue weighted by Crippen LogP contribution is 2.42. The molecule has 7 N–H and O–H groups in total. The van der Waals surface area contributed by atoms with E-state index in [9.17, 15) is 29.1 Å². The summed E-state index contributed by atoms with van der Waals surface area (Å²) in [5.41, 5.74) is 2.87. The van der Waals surface area contributed by atoms with Crippen LogP contribution in [0.1, 0.15) is 128 Å². The summed E-state index contributed by atoms with van der Waals surface area (Å²) in [6.07, 6.45) is 2.25. The molecule has 1 saturated heterocycles. The first kappa shape index (κ1) is 57.0. The average molecular weight is 1040 g/mol. The van der Waals surface area contributed by atoms with Crippen LogP contribution in [0.25, 0.3) is 0 Å². The molecule has 17 heteroatoms. The summed E-state index contributed by atoms with van der Waals surface area (Å²) in [7, 11) is 3.38. The number of nitrogens with one attached hydrogen (secondary N) is 6. The lowest BCUT2D eigenvalue weighted by atomic mass is 9.84. The minimum Gasteiger partial charge on any atom is -0.377 e. The number of aliphatic hydroxyl groups is 1. The minimum absolute atomic E-state index is 0.0546. The third kappa shape index (κ3) is 13.1. The number of benzene rings is 3. The molecule has 0 aromatic heterocycles. The lowest BCUT2D eigenvalue weighted by Gasteiger charge is -2.43. The maximum atomic E-state index is 15.8. The number of aliphatic hydroxyl groups excluding tert-OH is 1. The molecule has 408 valence electrons. The second kappa shape index (κ2) is 23.6. The molecule has 75 heavy (non-hydrogen) atoms. The fourth-order valence-electron chi connectivity index (χ4n) is 11.1. The van der Waals surface area contributed by atoms with E-state index in [-0.39, 0.29) is 79.7 Å². The predicted octanol–water partition coefficient (Wildman–Crippen LogP) is 4.65. The first-order valence-corrected chi connectivity index (χ1v) is 26.9. The summed E-state index contributed by atoms with van der Waals surface area (Å²) in [5, 5.41) is 29.6. The van der Waals surface area contributed by atoms with Gasteiger partial charge in [-0.2, -0.15) is 0 Å². The number of halogens is 1. The third-order valence-electron chi connectivity index (χ3n) is 16.1. The van der Waals surface area contributed by atoms with Crippen molar-refractivity contribution < 1.29 is 38.3 Å². The highest BCUT2D eigenvalue weighted by Gasteiger charge is 2.51. The molecule has 12 unspecified atom stereocenters. The lowest BCUT2D eigenvalue weighted by molar-refractivity contribution is -0.152. The van der Waals surface area contributed by atoms with Gasteiger partial charge in [-0.25, -0.2) is 4.39 Å². The van der Waals surface area contributed by atoms with E-state index in [1.807, 2.05) is 84.0 Å². The third-order valence-corrected chi connectivity index (χ3v) is 16.1. The first-order valence-electron chi connectivity index (χ1n) is 26.9. The fourth-order valence-corrected chi connectivity index (χ4v) is 11.1. The Morgan fingerprint density at radius 2 is 1.37 bits per heavy atom. The van der Waals surface area contributed by atoms with Gasteiger partial charge in [0.25, 0.3) is 0 Å². The summed E-state index contributed by atoms with van der Waals surface area (Å²) in [5.74, 6) is -3.51. The van der Waals surface area contributed by atoms with Gasteiger partial charge in [-0.15, -0.1) is 0 Å². The van der Waals surface area contributed by atoms with Gasteiger partial charge < -0.3 is 46.4 Å². The summed E-state index contributed by atoms with van der Waals surface area (Å²) in [4.78, 5) is 92.3. The molecular weight excluding hydrogens is 954 g/mol. The number of fused-ring (bicyclic) bond motifs is 2. The Balaban J connectivity index is 1.14. The maximum Gasteiger partial charge on any atom is 0.246 e. The second-order valence-corrected chi connectivity index (χ2v) is 23.7. The highest BCUT2D eigenvalue weighted by molar-refractivity contribution is 5.95. The minimum atomic E-state index is -1.08. The molecule has 7 rings (SSSR count). The van der Waals surface area contributed by atoms with E-state index in [2.05, 4.69) is 38.0 Å². The Morgan fingerprint density at radius 1 is 0.747 bits per heavy atom.